The van der Waals surface area contributed by atoms with E-state index in [0.29, 0.717) is 31.7 Å². The van der Waals surface area contributed by atoms with Gasteiger partial charge in [0.2, 0.25) is 10.0 Å². The Morgan fingerprint density at radius 3 is 2.04 bits per heavy atom. The van der Waals surface area contributed by atoms with Crippen LogP contribution in [0.15, 0.2) is 58.3 Å². The van der Waals surface area contributed by atoms with Crippen molar-refractivity contribution in [1.82, 2.24) is 4.31 Å². The minimum atomic E-state index is -3.65. The fourth-order valence-electron chi connectivity index (χ4n) is 3.91. The zero-order valence-electron chi connectivity index (χ0n) is 15.6. The van der Waals surface area contributed by atoms with Gasteiger partial charge in [-0.05, 0) is 55.2 Å². The van der Waals surface area contributed by atoms with Crippen LogP contribution in [-0.4, -0.2) is 40.8 Å². The molecule has 6 nitrogen and oxygen atoms in total. The number of benzene rings is 2. The minimum absolute atomic E-state index is 0.240. The van der Waals surface area contributed by atoms with Crippen LogP contribution >= 0.6 is 0 Å². The molecule has 1 saturated heterocycles. The first kappa shape index (κ1) is 19.4. The Labute approximate surface area is 166 Å². The molecule has 1 fully saturated rings. The topological polar surface area (TPSA) is 74.8 Å². The summed E-state index contributed by atoms with van der Waals surface area (Å²) in [5.74, 6) is 0. The molecule has 0 saturated carbocycles. The summed E-state index contributed by atoms with van der Waals surface area (Å²) in [5, 5.41) is 0. The standard InChI is InChI=1S/C20H24N2O4S2/c23-27(24,21-13-6-1-2-7-14-21)19-10-11-20-17(16-19)12-15-22(20)28(25,26)18-8-4-3-5-9-18/h3-5,8-11,16H,1-2,6-7,12-15H2. The van der Waals surface area contributed by atoms with E-state index in [0.717, 1.165) is 31.2 Å². The largest absolute Gasteiger partial charge is 0.266 e. The van der Waals surface area contributed by atoms with Crippen LogP contribution in [0.2, 0.25) is 0 Å². The molecule has 8 heteroatoms. The number of hydrogen-bond donors (Lipinski definition) is 0. The quantitative estimate of drug-likeness (QED) is 0.762. The van der Waals surface area contributed by atoms with E-state index in [1.54, 1.807) is 46.8 Å². The molecule has 4 rings (SSSR count). The molecule has 150 valence electrons. The average molecular weight is 421 g/mol. The van der Waals surface area contributed by atoms with E-state index >= 15 is 0 Å². The van der Waals surface area contributed by atoms with Gasteiger partial charge in [-0.3, -0.25) is 4.31 Å². The number of hydrogen-bond acceptors (Lipinski definition) is 4. The Morgan fingerprint density at radius 2 is 1.36 bits per heavy atom. The Balaban J connectivity index is 1.66. The Hall–Kier alpha value is -1.90. The minimum Gasteiger partial charge on any atom is -0.266 e. The highest BCUT2D eigenvalue weighted by molar-refractivity contribution is 7.92. The van der Waals surface area contributed by atoms with Crippen molar-refractivity contribution in [2.45, 2.75) is 41.9 Å². The summed E-state index contributed by atoms with van der Waals surface area (Å²) in [4.78, 5) is 0.497. The monoisotopic (exact) mass is 420 g/mol. The zero-order valence-corrected chi connectivity index (χ0v) is 17.3. The summed E-state index contributed by atoms with van der Waals surface area (Å²) in [7, 11) is -7.20. The van der Waals surface area contributed by atoms with Crippen LogP contribution in [0.25, 0.3) is 0 Å². The van der Waals surface area contributed by atoms with E-state index in [9.17, 15) is 16.8 Å². The number of rotatable bonds is 4. The highest BCUT2D eigenvalue weighted by Gasteiger charge is 2.33. The summed E-state index contributed by atoms with van der Waals surface area (Å²) in [5.41, 5.74) is 1.33. The second kappa shape index (κ2) is 7.50. The van der Waals surface area contributed by atoms with Gasteiger partial charge in [-0.25, -0.2) is 16.8 Å². The molecule has 2 aromatic rings. The maximum Gasteiger partial charge on any atom is 0.264 e. The molecule has 0 bridgehead atoms. The summed E-state index contributed by atoms with van der Waals surface area (Å²) in [6, 6.07) is 13.1. The molecule has 28 heavy (non-hydrogen) atoms. The fourth-order valence-corrected chi connectivity index (χ4v) is 7.00. The highest BCUT2D eigenvalue weighted by Crippen LogP contribution is 2.35. The van der Waals surface area contributed by atoms with Crippen molar-refractivity contribution in [3.8, 4) is 0 Å². The van der Waals surface area contributed by atoms with Crippen LogP contribution in [-0.2, 0) is 26.5 Å². The van der Waals surface area contributed by atoms with Gasteiger partial charge in [-0.1, -0.05) is 31.0 Å². The van der Waals surface area contributed by atoms with Crippen molar-refractivity contribution >= 4 is 25.7 Å². The first-order valence-corrected chi connectivity index (χ1v) is 12.5. The van der Waals surface area contributed by atoms with E-state index in [1.807, 2.05) is 0 Å². The van der Waals surface area contributed by atoms with Crippen LogP contribution in [0, 0.1) is 0 Å². The van der Waals surface area contributed by atoms with E-state index in [-0.39, 0.29) is 9.79 Å². The van der Waals surface area contributed by atoms with E-state index in [1.165, 1.54) is 10.4 Å². The van der Waals surface area contributed by atoms with E-state index in [2.05, 4.69) is 0 Å². The van der Waals surface area contributed by atoms with Gasteiger partial charge < -0.3 is 0 Å². The SMILES string of the molecule is O=S(=O)(c1ccc2c(c1)CCN2S(=O)(=O)c1ccccc1)N1CCCCCC1. The molecule has 2 aliphatic heterocycles. The summed E-state index contributed by atoms with van der Waals surface area (Å²) in [6.07, 6.45) is 4.39. The third-order valence-corrected chi connectivity index (χ3v) is 9.16. The zero-order chi connectivity index (χ0) is 19.8. The van der Waals surface area contributed by atoms with Crippen LogP contribution in [0.3, 0.4) is 0 Å². The molecule has 0 amide bonds. The van der Waals surface area contributed by atoms with Crippen molar-refractivity contribution < 1.29 is 16.8 Å². The van der Waals surface area contributed by atoms with E-state index < -0.39 is 20.0 Å². The van der Waals surface area contributed by atoms with Gasteiger partial charge in [0.1, 0.15) is 0 Å². The van der Waals surface area contributed by atoms with Gasteiger partial charge in [-0.2, -0.15) is 4.31 Å². The highest BCUT2D eigenvalue weighted by atomic mass is 32.2. The predicted molar refractivity (Wildman–Crippen MR) is 108 cm³/mol. The van der Waals surface area contributed by atoms with Crippen LogP contribution in [0.1, 0.15) is 31.2 Å². The van der Waals surface area contributed by atoms with Gasteiger partial charge in [0.05, 0.1) is 15.5 Å². The lowest BCUT2D eigenvalue weighted by molar-refractivity contribution is 0.423. The smallest absolute Gasteiger partial charge is 0.264 e. The Bertz CT molecular complexity index is 1060. The molecule has 0 unspecified atom stereocenters. The molecule has 0 N–H and O–H groups in total. The summed E-state index contributed by atoms with van der Waals surface area (Å²) >= 11 is 0. The molecule has 0 atom stereocenters. The predicted octanol–water partition coefficient (Wildman–Crippen LogP) is 3.00. The van der Waals surface area contributed by atoms with Gasteiger partial charge in [0, 0.05) is 19.6 Å². The number of anilines is 1. The van der Waals surface area contributed by atoms with Crippen molar-refractivity contribution in [2.24, 2.45) is 0 Å². The van der Waals surface area contributed by atoms with E-state index in [4.69, 9.17) is 0 Å². The molecule has 0 radical (unpaired) electrons. The van der Waals surface area contributed by atoms with Crippen molar-refractivity contribution in [3.63, 3.8) is 0 Å². The van der Waals surface area contributed by atoms with Crippen LogP contribution in [0.4, 0.5) is 5.69 Å². The maximum absolute atomic E-state index is 13.0. The fraction of sp³-hybridized carbons (Fsp3) is 0.400. The van der Waals surface area contributed by atoms with Gasteiger partial charge >= 0.3 is 0 Å². The lowest BCUT2D eigenvalue weighted by Gasteiger charge is -2.22. The molecule has 0 spiro atoms. The second-order valence-corrected chi connectivity index (χ2v) is 11.0. The lowest BCUT2D eigenvalue weighted by Crippen LogP contribution is -2.32. The second-order valence-electron chi connectivity index (χ2n) is 7.25. The number of fused-ring (bicyclic) bond motifs is 1. The molecular formula is C20H24N2O4S2. The Morgan fingerprint density at radius 1 is 0.679 bits per heavy atom. The Kier molecular flexibility index (Phi) is 5.20. The summed E-state index contributed by atoms with van der Waals surface area (Å²) in [6.45, 7) is 1.42. The third kappa shape index (κ3) is 3.44. The third-order valence-electron chi connectivity index (χ3n) is 5.44. The van der Waals surface area contributed by atoms with Crippen molar-refractivity contribution in [3.05, 3.63) is 54.1 Å². The molecule has 2 heterocycles. The summed E-state index contributed by atoms with van der Waals surface area (Å²) < 4.78 is 54.9. The first-order chi connectivity index (χ1) is 13.4. The number of sulfonamides is 2. The lowest BCUT2D eigenvalue weighted by atomic mass is 10.2. The normalized spacial score (nSPS) is 18.6. The molecule has 2 aliphatic rings. The van der Waals surface area contributed by atoms with Gasteiger partial charge in [-0.15, -0.1) is 0 Å². The van der Waals surface area contributed by atoms with Crippen molar-refractivity contribution in [2.75, 3.05) is 23.9 Å². The number of nitrogens with zero attached hydrogens (tertiary/aromatic N) is 2. The molecule has 0 aliphatic carbocycles. The first-order valence-electron chi connectivity index (χ1n) is 9.61. The molecule has 0 aromatic heterocycles. The van der Waals surface area contributed by atoms with Gasteiger partial charge in [0.25, 0.3) is 10.0 Å². The average Bonchev–Trinajstić information content (AvgIpc) is 2.93. The maximum atomic E-state index is 13.0. The molecule has 2 aromatic carbocycles. The molecular weight excluding hydrogens is 396 g/mol. The van der Waals surface area contributed by atoms with Crippen molar-refractivity contribution in [1.29, 1.82) is 0 Å². The van der Waals surface area contributed by atoms with Crippen LogP contribution in [0.5, 0.6) is 0 Å². The van der Waals surface area contributed by atoms with Crippen LogP contribution < -0.4 is 4.31 Å². The van der Waals surface area contributed by atoms with Gasteiger partial charge in [0.15, 0.2) is 0 Å².